The molecule has 0 aliphatic carbocycles. The second-order valence-electron chi connectivity index (χ2n) is 5.28. The largest absolute Gasteiger partial charge is 0.369 e. The molecule has 1 aliphatic heterocycles. The van der Waals surface area contributed by atoms with Crippen LogP contribution in [0.5, 0.6) is 0 Å². The van der Waals surface area contributed by atoms with E-state index in [9.17, 15) is 4.79 Å². The third-order valence-electron chi connectivity index (χ3n) is 3.76. The number of nitrogens with one attached hydrogen (secondary N) is 1. The predicted octanol–water partition coefficient (Wildman–Crippen LogP) is 0.0204. The first kappa shape index (κ1) is 14.0. The molecule has 1 unspecified atom stereocenters. The van der Waals surface area contributed by atoms with Crippen molar-refractivity contribution in [1.29, 1.82) is 0 Å². The minimum absolute atomic E-state index is 0.241. The Bertz CT molecular complexity index is 422. The number of hydrogen-bond acceptors (Lipinski definition) is 4. The van der Waals surface area contributed by atoms with Crippen LogP contribution in [0.2, 0.25) is 0 Å². The molecule has 1 aromatic heterocycles. The van der Waals surface area contributed by atoms with Crippen molar-refractivity contribution < 1.29 is 4.79 Å². The maximum Gasteiger partial charge on any atom is 0.231 e. The zero-order chi connectivity index (χ0) is 13.8. The first-order chi connectivity index (χ1) is 9.06. The number of aryl methyl sites for hydroxylation is 1. The lowest BCUT2D eigenvalue weighted by atomic mass is 10.0. The number of hydrogen-bond donors (Lipinski definition) is 2. The number of piperidine rings is 1. The Kier molecular flexibility index (Phi) is 4.55. The summed E-state index contributed by atoms with van der Waals surface area (Å²) >= 11 is 0. The zero-order valence-electron chi connectivity index (χ0n) is 11.7. The molecule has 1 aromatic rings. The van der Waals surface area contributed by atoms with E-state index in [2.05, 4.69) is 22.2 Å². The normalized spacial score (nSPS) is 19.5. The Morgan fingerprint density at radius 1 is 1.58 bits per heavy atom. The van der Waals surface area contributed by atoms with Crippen LogP contribution >= 0.6 is 0 Å². The SMILES string of the molecule is CC(NC1CCN(CC(N)=O)CC1)c1ccnn1C. The fraction of sp³-hybridized carbons (Fsp3) is 0.692. The number of aromatic nitrogens is 2. The van der Waals surface area contributed by atoms with Crippen molar-refractivity contribution in [3.63, 3.8) is 0 Å². The Hall–Kier alpha value is -1.40. The van der Waals surface area contributed by atoms with E-state index in [1.54, 1.807) is 0 Å². The van der Waals surface area contributed by atoms with Crippen LogP contribution in [0.4, 0.5) is 0 Å². The van der Waals surface area contributed by atoms with E-state index in [4.69, 9.17) is 5.73 Å². The molecule has 1 saturated heterocycles. The minimum atomic E-state index is -0.241. The molecule has 0 bridgehead atoms. The molecular weight excluding hydrogens is 242 g/mol. The molecule has 0 spiro atoms. The number of likely N-dealkylation sites (tertiary alicyclic amines) is 1. The number of nitrogens with zero attached hydrogens (tertiary/aromatic N) is 3. The van der Waals surface area contributed by atoms with E-state index in [1.165, 1.54) is 5.69 Å². The van der Waals surface area contributed by atoms with Crippen LogP contribution in [0, 0.1) is 0 Å². The van der Waals surface area contributed by atoms with Crippen LogP contribution in [0.1, 0.15) is 31.5 Å². The highest BCUT2D eigenvalue weighted by Crippen LogP contribution is 2.16. The van der Waals surface area contributed by atoms with Gasteiger partial charge in [0, 0.05) is 38.4 Å². The van der Waals surface area contributed by atoms with E-state index in [1.807, 2.05) is 24.0 Å². The average molecular weight is 265 g/mol. The van der Waals surface area contributed by atoms with Gasteiger partial charge in [0.15, 0.2) is 0 Å². The molecule has 2 heterocycles. The standard InChI is InChI=1S/C13H23N5O/c1-10(12-3-6-15-17(12)2)16-11-4-7-18(8-5-11)9-13(14)19/h3,6,10-11,16H,4-5,7-9H2,1-2H3,(H2,14,19). The lowest BCUT2D eigenvalue weighted by molar-refractivity contribution is -0.119. The summed E-state index contributed by atoms with van der Waals surface area (Å²) in [7, 11) is 1.96. The third kappa shape index (κ3) is 3.78. The number of rotatable bonds is 5. The maximum absolute atomic E-state index is 10.9. The maximum atomic E-state index is 10.9. The van der Waals surface area contributed by atoms with Gasteiger partial charge in [-0.15, -0.1) is 0 Å². The van der Waals surface area contributed by atoms with E-state index in [0.29, 0.717) is 18.6 Å². The van der Waals surface area contributed by atoms with E-state index < -0.39 is 0 Å². The molecule has 6 nitrogen and oxygen atoms in total. The van der Waals surface area contributed by atoms with Crippen LogP contribution < -0.4 is 11.1 Å². The van der Waals surface area contributed by atoms with Gasteiger partial charge in [-0.25, -0.2) is 0 Å². The quantitative estimate of drug-likeness (QED) is 0.787. The van der Waals surface area contributed by atoms with Gasteiger partial charge in [-0.1, -0.05) is 0 Å². The Balaban J connectivity index is 1.79. The number of primary amides is 1. The van der Waals surface area contributed by atoms with E-state index in [0.717, 1.165) is 25.9 Å². The molecule has 106 valence electrons. The molecule has 0 radical (unpaired) electrons. The first-order valence-corrected chi connectivity index (χ1v) is 6.81. The molecular formula is C13H23N5O. The lowest BCUT2D eigenvalue weighted by Crippen LogP contribution is -2.45. The summed E-state index contributed by atoms with van der Waals surface area (Å²) in [5.74, 6) is -0.241. The molecule has 3 N–H and O–H groups in total. The van der Waals surface area contributed by atoms with Gasteiger partial charge in [0.05, 0.1) is 12.2 Å². The molecule has 1 amide bonds. The summed E-state index contributed by atoms with van der Waals surface area (Å²) in [5, 5.41) is 7.82. The molecule has 2 rings (SSSR count). The van der Waals surface area contributed by atoms with Gasteiger partial charge in [-0.05, 0) is 25.8 Å². The molecule has 1 aliphatic rings. The Labute approximate surface area is 113 Å². The zero-order valence-corrected chi connectivity index (χ0v) is 11.7. The van der Waals surface area contributed by atoms with Crippen molar-refractivity contribution in [3.05, 3.63) is 18.0 Å². The van der Waals surface area contributed by atoms with E-state index in [-0.39, 0.29) is 5.91 Å². The van der Waals surface area contributed by atoms with Crippen molar-refractivity contribution in [3.8, 4) is 0 Å². The summed E-state index contributed by atoms with van der Waals surface area (Å²) in [6.07, 6.45) is 3.92. The van der Waals surface area contributed by atoms with Crippen LogP contribution in [0.15, 0.2) is 12.3 Å². The first-order valence-electron chi connectivity index (χ1n) is 6.81. The highest BCUT2D eigenvalue weighted by Gasteiger charge is 2.22. The highest BCUT2D eigenvalue weighted by atomic mass is 16.1. The monoisotopic (exact) mass is 265 g/mol. The number of amides is 1. The van der Waals surface area contributed by atoms with Crippen LogP contribution in [-0.4, -0.2) is 46.3 Å². The van der Waals surface area contributed by atoms with Gasteiger partial charge in [0.25, 0.3) is 0 Å². The van der Waals surface area contributed by atoms with Gasteiger partial charge in [0.2, 0.25) is 5.91 Å². The van der Waals surface area contributed by atoms with Gasteiger partial charge in [-0.3, -0.25) is 14.4 Å². The summed E-state index contributed by atoms with van der Waals surface area (Å²) < 4.78 is 1.90. The second-order valence-corrected chi connectivity index (χ2v) is 5.28. The van der Waals surface area contributed by atoms with Crippen molar-refractivity contribution in [1.82, 2.24) is 20.0 Å². The molecule has 19 heavy (non-hydrogen) atoms. The predicted molar refractivity (Wildman–Crippen MR) is 73.4 cm³/mol. The molecule has 1 fully saturated rings. The van der Waals surface area contributed by atoms with Gasteiger partial charge >= 0.3 is 0 Å². The highest BCUT2D eigenvalue weighted by molar-refractivity contribution is 5.75. The molecule has 6 heteroatoms. The van der Waals surface area contributed by atoms with Crippen LogP contribution in [0.3, 0.4) is 0 Å². The Morgan fingerprint density at radius 2 is 2.26 bits per heavy atom. The molecule has 1 atom stereocenters. The number of nitrogens with two attached hydrogens (primary N) is 1. The van der Waals surface area contributed by atoms with Gasteiger partial charge in [0.1, 0.15) is 0 Å². The number of carbonyl (C=O) groups is 1. The van der Waals surface area contributed by atoms with Crippen molar-refractivity contribution in [2.45, 2.75) is 31.8 Å². The summed E-state index contributed by atoms with van der Waals surface area (Å²) in [4.78, 5) is 13.0. The number of carbonyl (C=O) groups excluding carboxylic acids is 1. The van der Waals surface area contributed by atoms with Crippen molar-refractivity contribution in [2.75, 3.05) is 19.6 Å². The van der Waals surface area contributed by atoms with Crippen molar-refractivity contribution in [2.24, 2.45) is 12.8 Å². The van der Waals surface area contributed by atoms with Crippen LogP contribution in [0.25, 0.3) is 0 Å². The fourth-order valence-electron chi connectivity index (χ4n) is 2.73. The average Bonchev–Trinajstić information content (AvgIpc) is 2.77. The van der Waals surface area contributed by atoms with Gasteiger partial charge < -0.3 is 11.1 Å². The lowest BCUT2D eigenvalue weighted by Gasteiger charge is -2.33. The van der Waals surface area contributed by atoms with E-state index >= 15 is 0 Å². The van der Waals surface area contributed by atoms with Crippen LogP contribution in [-0.2, 0) is 11.8 Å². The summed E-state index contributed by atoms with van der Waals surface area (Å²) in [6, 6.07) is 2.83. The summed E-state index contributed by atoms with van der Waals surface area (Å²) in [6.45, 7) is 4.40. The third-order valence-corrected chi connectivity index (χ3v) is 3.76. The smallest absolute Gasteiger partial charge is 0.231 e. The topological polar surface area (TPSA) is 76.2 Å². The summed E-state index contributed by atoms with van der Waals surface area (Å²) in [5.41, 5.74) is 6.41. The Morgan fingerprint density at radius 3 is 2.79 bits per heavy atom. The second kappa shape index (κ2) is 6.16. The molecule has 0 aromatic carbocycles. The minimum Gasteiger partial charge on any atom is -0.369 e. The van der Waals surface area contributed by atoms with Crippen molar-refractivity contribution >= 4 is 5.91 Å². The molecule has 0 saturated carbocycles. The fourth-order valence-corrected chi connectivity index (χ4v) is 2.73. The van der Waals surface area contributed by atoms with Gasteiger partial charge in [-0.2, -0.15) is 5.10 Å².